The van der Waals surface area contributed by atoms with Gasteiger partial charge in [0.05, 0.1) is 33.2 Å². The fourth-order valence-electron chi connectivity index (χ4n) is 4.90. The first-order valence-electron chi connectivity index (χ1n) is 13.8. The number of hydrogen-bond acceptors (Lipinski definition) is 12. The molecule has 0 unspecified atom stereocenters. The second kappa shape index (κ2) is 14.7. The van der Waals surface area contributed by atoms with Gasteiger partial charge in [-0.2, -0.15) is 0 Å². The maximum atomic E-state index is 13.6. The molecule has 1 aliphatic rings. The number of aliphatic hydroxyl groups is 1. The van der Waals surface area contributed by atoms with Gasteiger partial charge in [0.1, 0.15) is 17.1 Å². The van der Waals surface area contributed by atoms with Gasteiger partial charge in [-0.1, -0.05) is 22.6 Å². The third-order valence-electron chi connectivity index (χ3n) is 7.32. The summed E-state index contributed by atoms with van der Waals surface area (Å²) in [7, 11) is 2.50. The Bertz CT molecular complexity index is 1640. The summed E-state index contributed by atoms with van der Waals surface area (Å²) in [5, 5.41) is 39.3. The van der Waals surface area contributed by atoms with Crippen LogP contribution in [0.2, 0.25) is 0 Å². The maximum absolute atomic E-state index is 13.6. The minimum atomic E-state index is -1.09. The van der Waals surface area contributed by atoms with Gasteiger partial charge in [-0.15, -0.1) is 10.2 Å². The number of esters is 2. The van der Waals surface area contributed by atoms with Gasteiger partial charge in [-0.3, -0.25) is 4.79 Å². The molecule has 238 valence electrons. The number of rotatable bonds is 10. The molecule has 4 aromatic rings. The van der Waals surface area contributed by atoms with Crippen LogP contribution in [0.15, 0.2) is 54.9 Å². The summed E-state index contributed by atoms with van der Waals surface area (Å²) in [6, 6.07) is 9.67. The summed E-state index contributed by atoms with van der Waals surface area (Å²) in [6.07, 6.45) is 3.31. The molecule has 1 saturated heterocycles. The second-order valence-corrected chi connectivity index (χ2v) is 10.1. The number of nitrogens with one attached hydrogen (secondary N) is 1. The van der Waals surface area contributed by atoms with Crippen molar-refractivity contribution in [1.29, 1.82) is 0 Å². The highest BCUT2D eigenvalue weighted by Gasteiger charge is 2.26. The van der Waals surface area contributed by atoms with E-state index >= 15 is 0 Å². The molecule has 15 nitrogen and oxygen atoms in total. The van der Waals surface area contributed by atoms with Gasteiger partial charge >= 0.3 is 11.9 Å². The number of hydrogen-bond donors (Lipinski definition) is 3. The molecular weight excluding hydrogens is 608 g/mol. The highest BCUT2D eigenvalue weighted by Crippen LogP contribution is 2.29. The second-order valence-electron chi connectivity index (χ2n) is 10.1. The SMILES string of the molecule is COC(=O)[C@H](CO)n1cc(-c2cc(C(=O)N3CCNCC3)cc(-c3cn([C@@H](Cc4ccc(O)cc4)C(=O)OC)nn3)c2)nn1.[Cl-]. The number of carbonyl (C=O) groups is 3. The lowest BCUT2D eigenvalue weighted by Crippen LogP contribution is -3.00. The monoisotopic (exact) mass is 639 g/mol. The van der Waals surface area contributed by atoms with Crippen molar-refractivity contribution in [3.05, 3.63) is 66.0 Å². The number of phenolic OH excluding ortho intramolecular Hbond substituents is 1. The van der Waals surface area contributed by atoms with Crippen molar-refractivity contribution >= 4 is 17.8 Å². The molecule has 0 radical (unpaired) electrons. The van der Waals surface area contributed by atoms with Crippen LogP contribution in [-0.4, -0.2) is 110 Å². The van der Waals surface area contributed by atoms with E-state index in [4.69, 9.17) is 9.47 Å². The molecule has 45 heavy (non-hydrogen) atoms. The lowest BCUT2D eigenvalue weighted by atomic mass is 10.0. The summed E-state index contributed by atoms with van der Waals surface area (Å²) in [5.74, 6) is -1.29. The van der Waals surface area contributed by atoms with Crippen LogP contribution in [0.4, 0.5) is 0 Å². The van der Waals surface area contributed by atoms with Crippen molar-refractivity contribution in [2.24, 2.45) is 0 Å². The molecule has 16 heteroatoms. The van der Waals surface area contributed by atoms with E-state index in [1.807, 2.05) is 0 Å². The maximum Gasteiger partial charge on any atom is 0.333 e. The number of carbonyl (C=O) groups excluding carboxylic acids is 3. The highest BCUT2D eigenvalue weighted by atomic mass is 35.5. The van der Waals surface area contributed by atoms with Gasteiger partial charge in [0.25, 0.3) is 5.91 Å². The predicted octanol–water partition coefficient (Wildman–Crippen LogP) is -2.38. The molecule has 0 spiro atoms. The Balaban J connectivity index is 0.00000461. The molecule has 0 saturated carbocycles. The zero-order chi connectivity index (χ0) is 31.2. The number of aromatic hydroxyl groups is 1. The Hall–Kier alpha value is -4.86. The molecule has 0 bridgehead atoms. The lowest BCUT2D eigenvalue weighted by molar-refractivity contribution is -0.146. The van der Waals surface area contributed by atoms with Crippen molar-refractivity contribution in [1.82, 2.24) is 40.2 Å². The molecule has 1 fully saturated rings. The molecule has 2 aromatic heterocycles. The first-order valence-corrected chi connectivity index (χ1v) is 13.8. The summed E-state index contributed by atoms with van der Waals surface area (Å²) >= 11 is 0. The Morgan fingerprint density at radius 1 is 0.867 bits per heavy atom. The number of halogens is 1. The van der Waals surface area contributed by atoms with Gasteiger partial charge in [0, 0.05) is 49.3 Å². The van der Waals surface area contributed by atoms with Crippen molar-refractivity contribution in [3.8, 4) is 28.3 Å². The normalized spacial score (nSPS) is 14.2. The van der Waals surface area contributed by atoms with Crippen LogP contribution in [-0.2, 0) is 25.5 Å². The molecule has 0 aliphatic carbocycles. The Labute approximate surface area is 264 Å². The van der Waals surface area contributed by atoms with Crippen LogP contribution in [0.5, 0.6) is 5.75 Å². The highest BCUT2D eigenvalue weighted by molar-refractivity contribution is 5.97. The van der Waals surface area contributed by atoms with Crippen LogP contribution < -0.4 is 17.7 Å². The standard InChI is InChI=1S/C29H32N8O7.ClH/c1-43-28(41)25(11-18-3-5-22(39)6-4-18)36-15-23(31-33-36)19-12-20(14-21(13-19)27(40)35-9-7-30-8-10-35)24-16-37(34-32-24)26(17-38)29(42)44-2;/h3-6,12-16,25-26,30,38-39H,7-11,17H2,1-2H3;1H/p-1/t25-,26-;/m0./s1. The summed E-state index contributed by atoms with van der Waals surface area (Å²) in [6.45, 7) is 1.89. The van der Waals surface area contributed by atoms with Crippen molar-refractivity contribution in [2.45, 2.75) is 18.5 Å². The van der Waals surface area contributed by atoms with E-state index in [9.17, 15) is 24.6 Å². The smallest absolute Gasteiger partial charge is 0.333 e. The topological polar surface area (TPSA) is 187 Å². The molecule has 1 amide bonds. The Morgan fingerprint density at radius 3 is 1.93 bits per heavy atom. The number of aromatic nitrogens is 6. The number of aliphatic hydroxyl groups excluding tert-OH is 1. The van der Waals surface area contributed by atoms with Crippen LogP contribution in [0.3, 0.4) is 0 Å². The number of piperazine rings is 1. The van der Waals surface area contributed by atoms with E-state index in [0.717, 1.165) is 5.56 Å². The summed E-state index contributed by atoms with van der Waals surface area (Å²) in [5.41, 5.74) is 2.92. The number of phenols is 1. The Morgan fingerprint density at radius 2 is 1.40 bits per heavy atom. The van der Waals surface area contributed by atoms with Crippen molar-refractivity contribution in [3.63, 3.8) is 0 Å². The molecule has 1 aliphatic heterocycles. The fraction of sp³-hybridized carbons (Fsp3) is 0.345. The number of nitrogens with zero attached hydrogens (tertiary/aromatic N) is 7. The summed E-state index contributed by atoms with van der Waals surface area (Å²) < 4.78 is 12.4. The zero-order valence-electron chi connectivity index (χ0n) is 24.5. The van der Waals surface area contributed by atoms with Crippen molar-refractivity contribution < 1.29 is 46.5 Å². The van der Waals surface area contributed by atoms with E-state index < -0.39 is 30.6 Å². The van der Waals surface area contributed by atoms with Gasteiger partial charge in [-0.25, -0.2) is 19.0 Å². The third kappa shape index (κ3) is 7.45. The van der Waals surface area contributed by atoms with Crippen LogP contribution >= 0.6 is 0 Å². The Kier molecular flexibility index (Phi) is 10.8. The van der Waals surface area contributed by atoms with Gasteiger partial charge in [0.2, 0.25) is 0 Å². The quantitative estimate of drug-likeness (QED) is 0.157. The molecular formula is C29H32ClN8O7-. The van der Waals surface area contributed by atoms with Gasteiger partial charge in [0.15, 0.2) is 12.1 Å². The van der Waals surface area contributed by atoms with Gasteiger partial charge < -0.3 is 42.3 Å². The lowest BCUT2D eigenvalue weighted by Gasteiger charge is -2.27. The summed E-state index contributed by atoms with van der Waals surface area (Å²) in [4.78, 5) is 40.2. The first kappa shape index (κ1) is 33.0. The number of ether oxygens (including phenoxy) is 2. The number of amides is 1. The van der Waals surface area contributed by atoms with E-state index in [1.165, 1.54) is 41.9 Å². The predicted molar refractivity (Wildman–Crippen MR) is 154 cm³/mol. The largest absolute Gasteiger partial charge is 1.00 e. The van der Waals surface area contributed by atoms with E-state index in [1.54, 1.807) is 41.4 Å². The van der Waals surface area contributed by atoms with Crippen LogP contribution in [0.1, 0.15) is 28.0 Å². The van der Waals surface area contributed by atoms with Crippen LogP contribution in [0, 0.1) is 0 Å². The molecule has 5 rings (SSSR count). The van der Waals surface area contributed by atoms with E-state index in [0.29, 0.717) is 54.3 Å². The molecule has 3 N–H and O–H groups in total. The first-order chi connectivity index (χ1) is 21.3. The zero-order valence-corrected chi connectivity index (χ0v) is 25.3. The molecule has 2 atom stereocenters. The number of methoxy groups -OCH3 is 2. The minimum Gasteiger partial charge on any atom is -1.00 e. The average molecular weight is 640 g/mol. The van der Waals surface area contributed by atoms with Crippen molar-refractivity contribution in [2.75, 3.05) is 47.0 Å². The van der Waals surface area contributed by atoms with Crippen LogP contribution in [0.25, 0.3) is 22.5 Å². The van der Waals surface area contributed by atoms with Gasteiger partial charge in [-0.05, 0) is 35.9 Å². The number of benzene rings is 2. The third-order valence-corrected chi connectivity index (χ3v) is 7.32. The van der Waals surface area contributed by atoms with E-state index in [-0.39, 0.29) is 30.5 Å². The average Bonchev–Trinajstić information content (AvgIpc) is 3.75. The molecule has 3 heterocycles. The minimum absolute atomic E-state index is 0. The van der Waals surface area contributed by atoms with E-state index in [2.05, 4.69) is 25.9 Å². The fourth-order valence-corrected chi connectivity index (χ4v) is 4.90. The molecule has 2 aromatic carbocycles.